The Balaban J connectivity index is 2.40. The molecule has 0 saturated heterocycles. The summed E-state index contributed by atoms with van der Waals surface area (Å²) in [6.45, 7) is 2.78. The van der Waals surface area contributed by atoms with E-state index in [2.05, 4.69) is 12.1 Å². The average molecular weight is 239 g/mol. The van der Waals surface area contributed by atoms with Crippen LogP contribution in [0.2, 0.25) is 0 Å². The van der Waals surface area contributed by atoms with Gasteiger partial charge in [0.15, 0.2) is 0 Å². The van der Waals surface area contributed by atoms with Crippen molar-refractivity contribution in [2.45, 2.75) is 26.2 Å². The molecule has 0 atom stereocenters. The van der Waals surface area contributed by atoms with Crippen molar-refractivity contribution in [2.75, 3.05) is 12.5 Å². The van der Waals surface area contributed by atoms with E-state index in [1.807, 2.05) is 31.2 Å². The Kier molecular flexibility index (Phi) is 6.75. The number of hydrogen-bond acceptors (Lipinski definition) is 1. The van der Waals surface area contributed by atoms with Crippen LogP contribution < -0.4 is 4.74 Å². The van der Waals surface area contributed by atoms with Crippen molar-refractivity contribution >= 4 is 17.7 Å². The van der Waals surface area contributed by atoms with E-state index in [-0.39, 0.29) is 0 Å². The van der Waals surface area contributed by atoms with Gasteiger partial charge < -0.3 is 4.74 Å². The molecule has 1 aromatic rings. The maximum Gasteiger partial charge on any atom is 0.126 e. The summed E-state index contributed by atoms with van der Waals surface area (Å²) >= 11 is 5.61. The van der Waals surface area contributed by atoms with Crippen LogP contribution in [0.4, 0.5) is 0 Å². The molecule has 1 rings (SSSR count). The Labute approximate surface area is 103 Å². The predicted octanol–water partition coefficient (Wildman–Crippen LogP) is 4.51. The van der Waals surface area contributed by atoms with E-state index >= 15 is 0 Å². The lowest BCUT2D eigenvalue weighted by Crippen LogP contribution is -1.98. The van der Waals surface area contributed by atoms with Crippen molar-refractivity contribution in [2.24, 2.45) is 0 Å². The minimum Gasteiger partial charge on any atom is -0.493 e. The molecule has 0 N–H and O–H groups in total. The molecular formula is C14H19ClO. The lowest BCUT2D eigenvalue weighted by molar-refractivity contribution is 0.306. The van der Waals surface area contributed by atoms with Crippen molar-refractivity contribution < 1.29 is 4.74 Å². The van der Waals surface area contributed by atoms with Crippen LogP contribution in [0.15, 0.2) is 30.3 Å². The molecule has 0 heterocycles. The molecule has 0 aliphatic rings. The van der Waals surface area contributed by atoms with Gasteiger partial charge in [-0.05, 0) is 32.3 Å². The summed E-state index contributed by atoms with van der Waals surface area (Å²) in [6, 6.07) is 8.10. The van der Waals surface area contributed by atoms with E-state index in [0.29, 0.717) is 0 Å². The molecule has 0 radical (unpaired) electrons. The molecule has 16 heavy (non-hydrogen) atoms. The standard InChI is InChI=1S/C14H19ClO/c1-2-8-13-9-4-5-10-14(13)16-12-7-3-6-11-15/h2,4-5,8-10H,3,6-7,11-12H2,1H3/b8-2+. The lowest BCUT2D eigenvalue weighted by Gasteiger charge is -2.08. The second-order valence-corrected chi connectivity index (χ2v) is 4.01. The molecule has 0 bridgehead atoms. The van der Waals surface area contributed by atoms with Crippen LogP contribution in [0.25, 0.3) is 6.08 Å². The van der Waals surface area contributed by atoms with Crippen molar-refractivity contribution in [3.63, 3.8) is 0 Å². The quantitative estimate of drug-likeness (QED) is 0.502. The largest absolute Gasteiger partial charge is 0.493 e. The van der Waals surface area contributed by atoms with Crippen LogP contribution in [-0.4, -0.2) is 12.5 Å². The second kappa shape index (κ2) is 8.23. The fourth-order valence-electron chi connectivity index (χ4n) is 1.48. The van der Waals surface area contributed by atoms with E-state index in [4.69, 9.17) is 16.3 Å². The van der Waals surface area contributed by atoms with Crippen LogP contribution in [-0.2, 0) is 0 Å². The normalized spacial score (nSPS) is 10.9. The molecule has 88 valence electrons. The number of hydrogen-bond donors (Lipinski definition) is 0. The molecule has 0 aromatic heterocycles. The Morgan fingerprint density at radius 2 is 2.00 bits per heavy atom. The predicted molar refractivity (Wildman–Crippen MR) is 71.2 cm³/mol. The third-order valence-electron chi connectivity index (χ3n) is 2.30. The van der Waals surface area contributed by atoms with Crippen molar-refractivity contribution in [3.8, 4) is 5.75 Å². The fraction of sp³-hybridized carbons (Fsp3) is 0.429. The molecule has 0 aliphatic heterocycles. The number of benzene rings is 1. The highest BCUT2D eigenvalue weighted by Crippen LogP contribution is 2.19. The highest BCUT2D eigenvalue weighted by atomic mass is 35.5. The van der Waals surface area contributed by atoms with Gasteiger partial charge in [0.1, 0.15) is 5.75 Å². The summed E-state index contributed by atoms with van der Waals surface area (Å²) in [6.07, 6.45) is 7.36. The van der Waals surface area contributed by atoms with E-state index in [1.165, 1.54) is 0 Å². The lowest BCUT2D eigenvalue weighted by atomic mass is 10.2. The van der Waals surface area contributed by atoms with Gasteiger partial charge in [-0.15, -0.1) is 11.6 Å². The van der Waals surface area contributed by atoms with Gasteiger partial charge in [0.2, 0.25) is 0 Å². The minimum atomic E-state index is 0.745. The molecule has 0 spiro atoms. The monoisotopic (exact) mass is 238 g/mol. The SMILES string of the molecule is C/C=C/c1ccccc1OCCCCCCl. The molecule has 0 unspecified atom stereocenters. The fourth-order valence-corrected chi connectivity index (χ4v) is 1.67. The Morgan fingerprint density at radius 1 is 1.19 bits per heavy atom. The highest BCUT2D eigenvalue weighted by molar-refractivity contribution is 6.17. The molecule has 0 aliphatic carbocycles. The summed E-state index contributed by atoms with van der Waals surface area (Å²) in [5.41, 5.74) is 1.14. The molecule has 1 nitrogen and oxygen atoms in total. The van der Waals surface area contributed by atoms with E-state index in [9.17, 15) is 0 Å². The van der Waals surface area contributed by atoms with Gasteiger partial charge in [-0.1, -0.05) is 30.4 Å². The molecule has 2 heteroatoms. The number of halogens is 1. The number of ether oxygens (including phenoxy) is 1. The summed E-state index contributed by atoms with van der Waals surface area (Å²) < 4.78 is 5.74. The first-order chi connectivity index (χ1) is 7.88. The van der Waals surface area contributed by atoms with Gasteiger partial charge in [0, 0.05) is 11.4 Å². The van der Waals surface area contributed by atoms with Crippen molar-refractivity contribution in [1.29, 1.82) is 0 Å². The first-order valence-corrected chi connectivity index (χ1v) is 6.32. The van der Waals surface area contributed by atoms with Gasteiger partial charge in [0.25, 0.3) is 0 Å². The molecule has 0 saturated carbocycles. The smallest absolute Gasteiger partial charge is 0.126 e. The van der Waals surface area contributed by atoms with Crippen molar-refractivity contribution in [3.05, 3.63) is 35.9 Å². The number of para-hydroxylation sites is 1. The minimum absolute atomic E-state index is 0.745. The van der Waals surface area contributed by atoms with Crippen LogP contribution in [0.1, 0.15) is 31.7 Å². The van der Waals surface area contributed by atoms with Gasteiger partial charge in [-0.3, -0.25) is 0 Å². The molecule has 1 aromatic carbocycles. The van der Waals surface area contributed by atoms with Gasteiger partial charge >= 0.3 is 0 Å². The third kappa shape index (κ3) is 4.71. The summed E-state index contributed by atoms with van der Waals surface area (Å²) in [4.78, 5) is 0. The van der Waals surface area contributed by atoms with Crippen molar-refractivity contribution in [1.82, 2.24) is 0 Å². The van der Waals surface area contributed by atoms with E-state index in [1.54, 1.807) is 0 Å². The summed E-state index contributed by atoms with van der Waals surface area (Å²) in [5.74, 6) is 1.71. The number of unbranched alkanes of at least 4 members (excludes halogenated alkanes) is 2. The van der Waals surface area contributed by atoms with E-state index in [0.717, 1.165) is 43.1 Å². The summed E-state index contributed by atoms with van der Waals surface area (Å²) in [5, 5.41) is 0. The highest BCUT2D eigenvalue weighted by Gasteiger charge is 1.98. The van der Waals surface area contributed by atoms with Gasteiger partial charge in [-0.25, -0.2) is 0 Å². The maximum absolute atomic E-state index is 5.74. The van der Waals surface area contributed by atoms with Gasteiger partial charge in [0.05, 0.1) is 6.61 Å². The zero-order chi connectivity index (χ0) is 11.6. The average Bonchev–Trinajstić information content (AvgIpc) is 2.31. The second-order valence-electron chi connectivity index (χ2n) is 3.64. The number of alkyl halides is 1. The molecular weight excluding hydrogens is 220 g/mol. The van der Waals surface area contributed by atoms with Crippen LogP contribution >= 0.6 is 11.6 Å². The van der Waals surface area contributed by atoms with Gasteiger partial charge in [-0.2, -0.15) is 0 Å². The van der Waals surface area contributed by atoms with Crippen LogP contribution in [0.5, 0.6) is 5.75 Å². The Hall–Kier alpha value is -0.950. The zero-order valence-electron chi connectivity index (χ0n) is 9.79. The Bertz CT molecular complexity index is 320. The number of allylic oxidation sites excluding steroid dienone is 1. The first-order valence-electron chi connectivity index (χ1n) is 5.79. The van der Waals surface area contributed by atoms with E-state index < -0.39 is 0 Å². The third-order valence-corrected chi connectivity index (χ3v) is 2.57. The van der Waals surface area contributed by atoms with Crippen LogP contribution in [0, 0.1) is 0 Å². The Morgan fingerprint density at radius 3 is 2.75 bits per heavy atom. The summed E-state index contributed by atoms with van der Waals surface area (Å²) in [7, 11) is 0. The zero-order valence-corrected chi connectivity index (χ0v) is 10.5. The topological polar surface area (TPSA) is 9.23 Å². The first kappa shape index (κ1) is 13.1. The molecule has 0 amide bonds. The van der Waals surface area contributed by atoms with Crippen LogP contribution in [0.3, 0.4) is 0 Å². The molecule has 0 fully saturated rings. The number of rotatable bonds is 7. The maximum atomic E-state index is 5.74.